The molecule has 0 aliphatic heterocycles. The van der Waals surface area contributed by atoms with Gasteiger partial charge in [-0.3, -0.25) is 0 Å². The lowest BCUT2D eigenvalue weighted by Crippen LogP contribution is -1.80. The van der Waals surface area contributed by atoms with Gasteiger partial charge in [0.15, 0.2) is 6.11 Å². The molecule has 0 aromatic rings. The lowest BCUT2D eigenvalue weighted by atomic mass is 10.1. The molecule has 0 aromatic carbocycles. The Morgan fingerprint density at radius 2 is 1.31 bits per heavy atom. The molecule has 0 unspecified atom stereocenters. The molecule has 0 saturated heterocycles. The summed E-state index contributed by atoms with van der Waals surface area (Å²) in [5.74, 6) is 7.63. The van der Waals surface area contributed by atoms with Crippen molar-refractivity contribution >= 4 is 0 Å². The van der Waals surface area contributed by atoms with Crippen LogP contribution in [0.15, 0.2) is 0 Å². The molecule has 0 amide bonds. The molecule has 0 rings (SSSR count). The summed E-state index contributed by atoms with van der Waals surface area (Å²) < 4.78 is 0. The van der Waals surface area contributed by atoms with Gasteiger partial charge in [0.05, 0.1) is 0 Å². The van der Waals surface area contributed by atoms with E-state index in [0.717, 1.165) is 12.8 Å². The second-order valence-electron chi connectivity index (χ2n) is 4.11. The monoisotopic (exact) mass is 219 g/mol. The zero-order valence-electron chi connectivity index (χ0n) is 10.5. The zero-order valence-corrected chi connectivity index (χ0v) is 10.5. The van der Waals surface area contributed by atoms with Crippen molar-refractivity contribution in [2.45, 2.75) is 71.1 Å². The highest BCUT2D eigenvalue weighted by molar-refractivity contribution is 5.23. The molecule has 0 aliphatic rings. The first-order valence-corrected chi connectivity index (χ1v) is 6.51. The molecule has 1 nitrogen and oxygen atoms in total. The second-order valence-corrected chi connectivity index (χ2v) is 4.11. The molecule has 0 aliphatic carbocycles. The predicted octanol–water partition coefficient (Wildman–Crippen LogP) is 4.30. The van der Waals surface area contributed by atoms with Crippen LogP contribution in [-0.2, 0) is 5.11 Å². The second kappa shape index (κ2) is 13.9. The number of rotatable bonds is 9. The molecule has 0 N–H and O–H groups in total. The molecular formula is C15H23O. The van der Waals surface area contributed by atoms with Gasteiger partial charge in [-0.15, -0.1) is 0 Å². The highest BCUT2D eigenvalue weighted by atomic mass is 16.2. The maximum Gasteiger partial charge on any atom is 0.186 e. The molecule has 1 heteroatoms. The Labute approximate surface area is 101 Å². The van der Waals surface area contributed by atoms with Crippen molar-refractivity contribution in [2.24, 2.45) is 0 Å². The van der Waals surface area contributed by atoms with E-state index in [9.17, 15) is 5.11 Å². The molecule has 16 heavy (non-hydrogen) atoms. The van der Waals surface area contributed by atoms with Crippen molar-refractivity contribution in [1.29, 1.82) is 0 Å². The van der Waals surface area contributed by atoms with E-state index >= 15 is 0 Å². The normalized spacial score (nSPS) is 8.81. The Morgan fingerprint density at radius 1 is 0.750 bits per heavy atom. The maximum atomic E-state index is 9.75. The van der Waals surface area contributed by atoms with E-state index in [1.165, 1.54) is 57.5 Å². The molecule has 0 spiro atoms. The van der Waals surface area contributed by atoms with E-state index in [4.69, 9.17) is 0 Å². The van der Waals surface area contributed by atoms with E-state index < -0.39 is 0 Å². The van der Waals surface area contributed by atoms with Crippen LogP contribution >= 0.6 is 0 Å². The lowest BCUT2D eigenvalue weighted by molar-refractivity contribution is 0.392. The van der Waals surface area contributed by atoms with E-state index in [1.807, 2.05) is 0 Å². The summed E-state index contributed by atoms with van der Waals surface area (Å²) in [5, 5.41) is 9.75. The van der Waals surface area contributed by atoms with Gasteiger partial charge < -0.3 is 0 Å². The van der Waals surface area contributed by atoms with Crippen molar-refractivity contribution in [2.75, 3.05) is 0 Å². The molecule has 0 saturated carbocycles. The number of hydrogen-bond donors (Lipinski definition) is 0. The molecule has 0 atom stereocenters. The molecule has 0 aromatic heterocycles. The largest absolute Gasteiger partial charge is 0.223 e. The summed E-state index contributed by atoms with van der Waals surface area (Å²) in [5.41, 5.74) is 0. The summed E-state index contributed by atoms with van der Waals surface area (Å²) in [6, 6.07) is 0. The third-order valence-electron chi connectivity index (χ3n) is 2.61. The first kappa shape index (κ1) is 14.9. The van der Waals surface area contributed by atoms with Gasteiger partial charge in [0, 0.05) is 12.3 Å². The van der Waals surface area contributed by atoms with Gasteiger partial charge in [0.1, 0.15) is 0 Å². The summed E-state index contributed by atoms with van der Waals surface area (Å²) >= 11 is 0. The first-order chi connectivity index (χ1) is 7.91. The topological polar surface area (TPSA) is 19.9 Å². The Morgan fingerprint density at radius 3 is 1.88 bits per heavy atom. The van der Waals surface area contributed by atoms with E-state index in [0.29, 0.717) is 0 Å². The van der Waals surface area contributed by atoms with Gasteiger partial charge in [-0.2, -0.15) is 0 Å². The fraction of sp³-hybridized carbons (Fsp3) is 0.733. The van der Waals surface area contributed by atoms with Gasteiger partial charge in [0.2, 0.25) is 0 Å². The van der Waals surface area contributed by atoms with Crippen LogP contribution in [0.1, 0.15) is 71.1 Å². The van der Waals surface area contributed by atoms with Crippen LogP contribution < -0.4 is 0 Å². The fourth-order valence-corrected chi connectivity index (χ4v) is 1.66. The van der Waals surface area contributed by atoms with E-state index in [-0.39, 0.29) is 0 Å². The SMILES string of the molecule is CCCCCCCCCCCC#CC#C[O]. The molecule has 0 heterocycles. The predicted molar refractivity (Wildman–Crippen MR) is 68.1 cm³/mol. The fourth-order valence-electron chi connectivity index (χ4n) is 1.66. The molecule has 89 valence electrons. The lowest BCUT2D eigenvalue weighted by Gasteiger charge is -1.99. The third-order valence-corrected chi connectivity index (χ3v) is 2.61. The van der Waals surface area contributed by atoms with Crippen LogP contribution in [0.5, 0.6) is 0 Å². The van der Waals surface area contributed by atoms with Crippen molar-refractivity contribution < 1.29 is 5.11 Å². The van der Waals surface area contributed by atoms with Gasteiger partial charge in [-0.05, 0) is 12.3 Å². The van der Waals surface area contributed by atoms with Gasteiger partial charge in [0.25, 0.3) is 0 Å². The van der Waals surface area contributed by atoms with Crippen molar-refractivity contribution in [3.05, 3.63) is 0 Å². The Kier molecular flexibility index (Phi) is 13.0. The summed E-state index contributed by atoms with van der Waals surface area (Å²) in [7, 11) is 0. The van der Waals surface area contributed by atoms with Crippen LogP contribution in [0.25, 0.3) is 0 Å². The smallest absolute Gasteiger partial charge is 0.186 e. The molecule has 1 radical (unpaired) electrons. The highest BCUT2D eigenvalue weighted by Gasteiger charge is 1.90. The maximum absolute atomic E-state index is 9.75. The number of hydrogen-bond acceptors (Lipinski definition) is 0. The first-order valence-electron chi connectivity index (χ1n) is 6.51. The molecule has 0 fully saturated rings. The van der Waals surface area contributed by atoms with Crippen LogP contribution in [0.2, 0.25) is 0 Å². The summed E-state index contributed by atoms with van der Waals surface area (Å²) in [6.07, 6.45) is 14.4. The number of unbranched alkanes of at least 4 members (excludes halogenated alkanes) is 9. The summed E-state index contributed by atoms with van der Waals surface area (Å²) in [6.45, 7) is 2.25. The Hall–Kier alpha value is -1.08. The van der Waals surface area contributed by atoms with Crippen molar-refractivity contribution in [3.63, 3.8) is 0 Å². The minimum atomic E-state index is 0.879. The zero-order chi connectivity index (χ0) is 11.9. The average molecular weight is 219 g/mol. The average Bonchev–Trinajstić information content (AvgIpc) is 2.31. The van der Waals surface area contributed by atoms with Gasteiger partial charge in [-0.1, -0.05) is 64.2 Å². The Bertz CT molecular complexity index is 246. The highest BCUT2D eigenvalue weighted by Crippen LogP contribution is 2.09. The summed E-state index contributed by atoms with van der Waals surface area (Å²) in [4.78, 5) is 0. The van der Waals surface area contributed by atoms with Crippen LogP contribution in [0.3, 0.4) is 0 Å². The Balaban J connectivity index is 3.04. The van der Waals surface area contributed by atoms with Gasteiger partial charge >= 0.3 is 0 Å². The van der Waals surface area contributed by atoms with Crippen LogP contribution in [0.4, 0.5) is 0 Å². The molecular weight excluding hydrogens is 196 g/mol. The minimum absolute atomic E-state index is 0.879. The van der Waals surface area contributed by atoms with Crippen LogP contribution in [-0.4, -0.2) is 0 Å². The quantitative estimate of drug-likeness (QED) is 0.407. The minimum Gasteiger partial charge on any atom is -0.223 e. The van der Waals surface area contributed by atoms with E-state index in [2.05, 4.69) is 24.7 Å². The standard InChI is InChI=1S/C15H23O/c1-2-3-4-5-6-7-8-9-10-11-12-13-14-15-16/h2-11H2,1H3. The van der Waals surface area contributed by atoms with Crippen LogP contribution in [0, 0.1) is 23.9 Å². The van der Waals surface area contributed by atoms with Crippen molar-refractivity contribution in [3.8, 4) is 23.9 Å². The van der Waals surface area contributed by atoms with E-state index in [1.54, 1.807) is 0 Å². The van der Waals surface area contributed by atoms with Crippen molar-refractivity contribution in [1.82, 2.24) is 0 Å². The van der Waals surface area contributed by atoms with Gasteiger partial charge in [-0.25, -0.2) is 5.11 Å². The third kappa shape index (κ3) is 12.9. The molecule has 0 bridgehead atoms.